The number of pyridine rings is 1. The van der Waals surface area contributed by atoms with E-state index in [4.69, 9.17) is 0 Å². The van der Waals surface area contributed by atoms with Crippen LogP contribution in [0.25, 0.3) is 5.52 Å². The third-order valence-corrected chi connectivity index (χ3v) is 5.07. The number of fused-ring (bicyclic) bond motifs is 2. The van der Waals surface area contributed by atoms with Crippen LogP contribution in [0.2, 0.25) is 0 Å². The molecule has 0 aliphatic carbocycles. The molecule has 0 bridgehead atoms. The lowest BCUT2D eigenvalue weighted by atomic mass is 9.99. The number of aromatic nitrogens is 3. The number of nitrogens with zero attached hydrogens (tertiary/aromatic N) is 4. The molecule has 0 saturated heterocycles. The van der Waals surface area contributed by atoms with Gasteiger partial charge in [-0.3, -0.25) is 9.79 Å². The van der Waals surface area contributed by atoms with E-state index in [1.807, 2.05) is 43.3 Å². The van der Waals surface area contributed by atoms with E-state index in [0.29, 0.717) is 12.1 Å². The van der Waals surface area contributed by atoms with Gasteiger partial charge in [0.25, 0.3) is 5.91 Å². The van der Waals surface area contributed by atoms with E-state index < -0.39 is 0 Å². The van der Waals surface area contributed by atoms with Gasteiger partial charge in [0.05, 0.1) is 24.0 Å². The summed E-state index contributed by atoms with van der Waals surface area (Å²) in [6.45, 7) is 2.56. The van der Waals surface area contributed by atoms with Crippen LogP contribution in [0.4, 0.5) is 5.69 Å². The Morgan fingerprint density at radius 1 is 1.11 bits per heavy atom. The molecule has 28 heavy (non-hydrogen) atoms. The number of rotatable bonds is 3. The fourth-order valence-corrected chi connectivity index (χ4v) is 3.58. The van der Waals surface area contributed by atoms with Gasteiger partial charge in [0.1, 0.15) is 0 Å². The number of nitrogens with one attached hydrogen (secondary N) is 1. The number of aryl methyl sites for hydroxylation is 1. The summed E-state index contributed by atoms with van der Waals surface area (Å²) in [7, 11) is 0. The number of hydrogen-bond acceptors (Lipinski definition) is 4. The van der Waals surface area contributed by atoms with Crippen LogP contribution in [0.3, 0.4) is 0 Å². The van der Waals surface area contributed by atoms with Crippen LogP contribution in [-0.2, 0) is 6.54 Å². The van der Waals surface area contributed by atoms with Gasteiger partial charge in [0.2, 0.25) is 0 Å². The quantitative estimate of drug-likeness (QED) is 0.601. The Hall–Kier alpha value is -3.80. The van der Waals surface area contributed by atoms with Crippen LogP contribution in [-0.4, -0.2) is 26.4 Å². The highest BCUT2D eigenvalue weighted by Crippen LogP contribution is 2.26. The zero-order chi connectivity index (χ0) is 19.1. The highest BCUT2D eigenvalue weighted by Gasteiger charge is 2.19. The normalized spacial score (nSPS) is 12.7. The number of amides is 1. The van der Waals surface area contributed by atoms with Gasteiger partial charge in [0, 0.05) is 28.6 Å². The highest BCUT2D eigenvalue weighted by atomic mass is 16.1. The first kappa shape index (κ1) is 16.4. The lowest BCUT2D eigenvalue weighted by molar-refractivity contribution is 0.102. The molecule has 136 valence electrons. The fourth-order valence-electron chi connectivity index (χ4n) is 3.58. The lowest BCUT2D eigenvalue weighted by Crippen LogP contribution is -2.14. The van der Waals surface area contributed by atoms with Crippen molar-refractivity contribution in [3.05, 3.63) is 94.8 Å². The fraction of sp³-hybridized carbons (Fsp3) is 0.0909. The first-order chi connectivity index (χ1) is 13.7. The molecule has 0 unspecified atom stereocenters. The Kier molecular flexibility index (Phi) is 3.76. The highest BCUT2D eigenvalue weighted by molar-refractivity contribution is 6.16. The first-order valence-corrected chi connectivity index (χ1v) is 9.05. The second kappa shape index (κ2) is 6.42. The van der Waals surface area contributed by atoms with Crippen molar-refractivity contribution in [2.24, 2.45) is 4.99 Å². The van der Waals surface area contributed by atoms with Gasteiger partial charge in [0.15, 0.2) is 0 Å². The van der Waals surface area contributed by atoms with Crippen molar-refractivity contribution in [3.8, 4) is 0 Å². The Bertz CT molecular complexity index is 1240. The minimum atomic E-state index is -0.155. The summed E-state index contributed by atoms with van der Waals surface area (Å²) in [4.78, 5) is 17.5. The van der Waals surface area contributed by atoms with E-state index in [1.165, 1.54) is 5.56 Å². The molecule has 1 N–H and O–H groups in total. The van der Waals surface area contributed by atoms with E-state index in [1.54, 1.807) is 23.0 Å². The second-order valence-electron chi connectivity index (χ2n) is 6.78. The SMILES string of the molecule is Cc1c(C(=O)Nc2ccc3c(c2)C(c2ccccc2)=NC3)ccn2nncc12. The summed E-state index contributed by atoms with van der Waals surface area (Å²) in [5, 5.41) is 10.9. The van der Waals surface area contributed by atoms with Crippen molar-refractivity contribution < 1.29 is 4.79 Å². The van der Waals surface area contributed by atoms with Gasteiger partial charge >= 0.3 is 0 Å². The van der Waals surface area contributed by atoms with Crippen molar-refractivity contribution in [2.75, 3.05) is 5.32 Å². The molecule has 6 nitrogen and oxygen atoms in total. The largest absolute Gasteiger partial charge is 0.322 e. The summed E-state index contributed by atoms with van der Waals surface area (Å²) in [5.74, 6) is -0.155. The average molecular weight is 367 g/mol. The number of benzene rings is 2. The van der Waals surface area contributed by atoms with Crippen LogP contribution in [0, 0.1) is 6.92 Å². The molecule has 5 rings (SSSR count). The smallest absolute Gasteiger partial charge is 0.256 e. The number of aliphatic imine (C=N–C) groups is 1. The molecular formula is C22H17N5O. The van der Waals surface area contributed by atoms with Gasteiger partial charge in [-0.15, -0.1) is 5.10 Å². The van der Waals surface area contributed by atoms with E-state index in [2.05, 4.69) is 32.8 Å². The van der Waals surface area contributed by atoms with Crippen LogP contribution in [0.1, 0.15) is 32.6 Å². The van der Waals surface area contributed by atoms with Crippen LogP contribution in [0.15, 0.2) is 72.0 Å². The molecule has 2 aromatic carbocycles. The molecule has 2 aromatic heterocycles. The molecule has 0 atom stereocenters. The van der Waals surface area contributed by atoms with Crippen LogP contribution >= 0.6 is 0 Å². The summed E-state index contributed by atoms with van der Waals surface area (Å²) in [5.41, 5.74) is 7.30. The molecule has 0 fully saturated rings. The lowest BCUT2D eigenvalue weighted by Gasteiger charge is -2.11. The van der Waals surface area contributed by atoms with Crippen molar-refractivity contribution in [2.45, 2.75) is 13.5 Å². The standard InChI is InChI=1S/C22H17N5O/c1-14-18(9-10-27-20(14)13-24-26-27)22(28)25-17-8-7-16-12-23-21(19(16)11-17)15-5-3-2-4-6-15/h2-11,13H,12H2,1H3,(H,25,28). The minimum Gasteiger partial charge on any atom is -0.322 e. The van der Waals surface area contributed by atoms with Crippen LogP contribution < -0.4 is 5.32 Å². The van der Waals surface area contributed by atoms with E-state index in [-0.39, 0.29) is 5.91 Å². The molecule has 6 heteroatoms. The maximum atomic E-state index is 12.9. The Morgan fingerprint density at radius 2 is 1.96 bits per heavy atom. The number of anilines is 1. The predicted octanol–water partition coefficient (Wildman–Crippen LogP) is 3.64. The summed E-state index contributed by atoms with van der Waals surface area (Å²) in [6.07, 6.45) is 3.40. The summed E-state index contributed by atoms with van der Waals surface area (Å²) < 4.78 is 1.66. The topological polar surface area (TPSA) is 71.7 Å². The Balaban J connectivity index is 1.46. The number of carbonyl (C=O) groups excluding carboxylic acids is 1. The molecule has 3 heterocycles. The second-order valence-corrected chi connectivity index (χ2v) is 6.78. The molecule has 1 aliphatic heterocycles. The molecule has 1 aliphatic rings. The maximum absolute atomic E-state index is 12.9. The molecular weight excluding hydrogens is 350 g/mol. The average Bonchev–Trinajstić information content (AvgIpc) is 3.36. The minimum absolute atomic E-state index is 0.155. The van der Waals surface area contributed by atoms with Crippen LogP contribution in [0.5, 0.6) is 0 Å². The molecule has 0 saturated carbocycles. The number of hydrogen-bond donors (Lipinski definition) is 1. The van der Waals surface area contributed by atoms with Crippen molar-refractivity contribution >= 4 is 22.8 Å². The number of carbonyl (C=O) groups is 1. The Morgan fingerprint density at radius 3 is 2.82 bits per heavy atom. The van der Waals surface area contributed by atoms with Gasteiger partial charge in [-0.2, -0.15) is 0 Å². The van der Waals surface area contributed by atoms with Gasteiger partial charge in [-0.1, -0.05) is 41.6 Å². The van der Waals surface area contributed by atoms with Gasteiger partial charge in [-0.05, 0) is 36.2 Å². The van der Waals surface area contributed by atoms with Crippen molar-refractivity contribution in [1.82, 2.24) is 14.8 Å². The third-order valence-electron chi connectivity index (χ3n) is 5.07. The summed E-state index contributed by atoms with van der Waals surface area (Å²) >= 11 is 0. The third kappa shape index (κ3) is 2.66. The molecule has 4 aromatic rings. The van der Waals surface area contributed by atoms with E-state index in [9.17, 15) is 4.79 Å². The zero-order valence-corrected chi connectivity index (χ0v) is 15.3. The first-order valence-electron chi connectivity index (χ1n) is 9.05. The van der Waals surface area contributed by atoms with Gasteiger partial charge in [-0.25, -0.2) is 4.52 Å². The zero-order valence-electron chi connectivity index (χ0n) is 15.3. The van der Waals surface area contributed by atoms with Crippen molar-refractivity contribution in [1.29, 1.82) is 0 Å². The van der Waals surface area contributed by atoms with Gasteiger partial charge < -0.3 is 5.32 Å². The van der Waals surface area contributed by atoms with E-state index in [0.717, 1.165) is 33.6 Å². The Labute approximate surface area is 161 Å². The predicted molar refractivity (Wildman–Crippen MR) is 108 cm³/mol. The molecule has 0 spiro atoms. The van der Waals surface area contributed by atoms with E-state index >= 15 is 0 Å². The molecule has 0 radical (unpaired) electrons. The van der Waals surface area contributed by atoms with Crippen molar-refractivity contribution in [3.63, 3.8) is 0 Å². The monoisotopic (exact) mass is 367 g/mol. The summed E-state index contributed by atoms with van der Waals surface area (Å²) in [6, 6.07) is 17.8. The molecule has 1 amide bonds. The maximum Gasteiger partial charge on any atom is 0.256 e.